The first kappa shape index (κ1) is 15.6. The molecule has 0 aliphatic carbocycles. The summed E-state index contributed by atoms with van der Waals surface area (Å²) in [5.74, 6) is 0. The molecular weight excluding hydrogens is 276 g/mol. The molecule has 3 atom stereocenters. The number of methoxy groups -OCH3 is 1. The van der Waals surface area contributed by atoms with Gasteiger partial charge in [-0.15, -0.1) is 6.58 Å². The normalized spacial score (nSPS) is 17.5. The van der Waals surface area contributed by atoms with Crippen LogP contribution in [-0.4, -0.2) is 45.2 Å². The third-order valence-corrected chi connectivity index (χ3v) is 3.30. The van der Waals surface area contributed by atoms with Crippen LogP contribution in [0.2, 0.25) is 0 Å². The van der Waals surface area contributed by atoms with Crippen molar-refractivity contribution < 1.29 is 14.9 Å². The van der Waals surface area contributed by atoms with Gasteiger partial charge in [0.15, 0.2) is 0 Å². The third kappa shape index (κ3) is 2.95. The molecule has 0 fully saturated rings. The number of aliphatic hydroxyl groups excluding tert-OH is 2. The number of aromatic nitrogens is 2. The zero-order valence-corrected chi connectivity index (χ0v) is 11.0. The highest BCUT2D eigenvalue weighted by Crippen LogP contribution is 2.27. The smallest absolute Gasteiger partial charge is 0.329 e. The van der Waals surface area contributed by atoms with Gasteiger partial charge >= 0.3 is 5.69 Å². The number of halogens is 1. The quantitative estimate of drug-likeness (QED) is 0.470. The molecule has 0 amide bonds. The van der Waals surface area contributed by atoms with Gasteiger partial charge < -0.3 is 14.9 Å². The van der Waals surface area contributed by atoms with Gasteiger partial charge in [-0.05, 0) is 0 Å². The maximum absolute atomic E-state index is 11.6. The van der Waals surface area contributed by atoms with Crippen molar-refractivity contribution in [1.82, 2.24) is 9.55 Å². The number of nitrogens with zero attached hydrogens (tertiary/aromatic N) is 1. The second-order valence-corrected chi connectivity index (χ2v) is 4.30. The van der Waals surface area contributed by atoms with Crippen LogP contribution < -0.4 is 11.2 Å². The second kappa shape index (κ2) is 6.16. The summed E-state index contributed by atoms with van der Waals surface area (Å²) >= 11 is 5.99. The topological polar surface area (TPSA) is 105 Å². The number of aliphatic hydroxyl groups is 2. The lowest BCUT2D eigenvalue weighted by atomic mass is 9.97. The highest BCUT2D eigenvalue weighted by Gasteiger charge is 2.40. The van der Waals surface area contributed by atoms with Crippen LogP contribution in [0.3, 0.4) is 0 Å². The molecule has 106 valence electrons. The number of H-pyrrole nitrogens is 1. The van der Waals surface area contributed by atoms with Gasteiger partial charge in [0.1, 0.15) is 17.2 Å². The van der Waals surface area contributed by atoms with Crippen LogP contribution in [0.4, 0.5) is 0 Å². The van der Waals surface area contributed by atoms with Crippen molar-refractivity contribution in [3.63, 3.8) is 0 Å². The Bertz CT molecular complexity index is 549. The van der Waals surface area contributed by atoms with Gasteiger partial charge in [-0.25, -0.2) is 4.79 Å². The molecule has 7 nitrogen and oxygen atoms in total. The van der Waals surface area contributed by atoms with Crippen molar-refractivity contribution >= 4 is 11.6 Å². The summed E-state index contributed by atoms with van der Waals surface area (Å²) < 4.78 is 5.93. The van der Waals surface area contributed by atoms with Crippen LogP contribution in [0.25, 0.3) is 0 Å². The van der Waals surface area contributed by atoms with E-state index in [1.54, 1.807) is 0 Å². The van der Waals surface area contributed by atoms with E-state index < -0.39 is 35.1 Å². The summed E-state index contributed by atoms with van der Waals surface area (Å²) in [7, 11) is 1.26. The second-order valence-electron chi connectivity index (χ2n) is 3.86. The Morgan fingerprint density at radius 1 is 1.68 bits per heavy atom. The van der Waals surface area contributed by atoms with Crippen molar-refractivity contribution in [2.45, 2.75) is 17.2 Å². The van der Waals surface area contributed by atoms with E-state index in [0.29, 0.717) is 0 Å². The summed E-state index contributed by atoms with van der Waals surface area (Å²) in [6.45, 7) is 2.89. The molecule has 1 heterocycles. The molecule has 1 aromatic heterocycles. The Morgan fingerprint density at radius 3 is 2.74 bits per heavy atom. The van der Waals surface area contributed by atoms with Gasteiger partial charge in [0.2, 0.25) is 0 Å². The lowest BCUT2D eigenvalue weighted by Crippen LogP contribution is -2.50. The monoisotopic (exact) mass is 290 g/mol. The van der Waals surface area contributed by atoms with E-state index in [0.717, 1.165) is 16.8 Å². The molecule has 0 aliphatic rings. The SMILES string of the molecule is C=C[C@](CO)(OC)[C@@H](O)[C@@H](Cl)n1ccc(=O)[nH]c1=O. The number of ether oxygens (including phenoxy) is 1. The molecule has 0 radical (unpaired) electrons. The molecular formula is C11H15ClN2O5. The summed E-state index contributed by atoms with van der Waals surface area (Å²) in [5.41, 5.74) is -4.13. The lowest BCUT2D eigenvalue weighted by Gasteiger charge is -2.34. The Kier molecular flexibility index (Phi) is 5.07. The van der Waals surface area contributed by atoms with E-state index in [2.05, 4.69) is 6.58 Å². The Labute approximate surface area is 113 Å². The standard InChI is InChI=1S/C11H15ClN2O5/c1-3-11(6-15,19-2)8(17)9(12)14-5-4-7(16)13-10(14)18/h3-5,8-9,15,17H,1,6H2,2H3,(H,13,16,18)/t8-,9-,11+/m0/s1. The van der Waals surface area contributed by atoms with Crippen LogP contribution in [0, 0.1) is 0 Å². The zero-order valence-electron chi connectivity index (χ0n) is 10.2. The lowest BCUT2D eigenvalue weighted by molar-refractivity contribution is -0.104. The minimum atomic E-state index is -1.51. The van der Waals surface area contributed by atoms with Crippen LogP contribution in [0.5, 0.6) is 0 Å². The van der Waals surface area contributed by atoms with Gasteiger partial charge in [0, 0.05) is 19.4 Å². The van der Waals surface area contributed by atoms with Crippen molar-refractivity contribution in [2.75, 3.05) is 13.7 Å². The van der Waals surface area contributed by atoms with Crippen molar-refractivity contribution in [2.24, 2.45) is 0 Å². The fourth-order valence-corrected chi connectivity index (χ4v) is 1.92. The highest BCUT2D eigenvalue weighted by atomic mass is 35.5. The highest BCUT2D eigenvalue weighted by molar-refractivity contribution is 6.19. The van der Waals surface area contributed by atoms with Crippen molar-refractivity contribution in [1.29, 1.82) is 0 Å². The Hall–Kier alpha value is -1.41. The van der Waals surface area contributed by atoms with E-state index in [-0.39, 0.29) is 0 Å². The fourth-order valence-electron chi connectivity index (χ4n) is 1.55. The number of rotatable bonds is 6. The predicted molar refractivity (Wildman–Crippen MR) is 69.2 cm³/mol. The van der Waals surface area contributed by atoms with Crippen molar-refractivity contribution in [3.05, 3.63) is 45.8 Å². The molecule has 0 unspecified atom stereocenters. The van der Waals surface area contributed by atoms with Crippen molar-refractivity contribution in [3.8, 4) is 0 Å². The maximum atomic E-state index is 11.6. The van der Waals surface area contributed by atoms with E-state index >= 15 is 0 Å². The average molecular weight is 291 g/mol. The van der Waals surface area contributed by atoms with E-state index in [9.17, 15) is 19.8 Å². The zero-order chi connectivity index (χ0) is 14.6. The molecule has 3 N–H and O–H groups in total. The molecule has 19 heavy (non-hydrogen) atoms. The third-order valence-electron chi connectivity index (χ3n) is 2.85. The van der Waals surface area contributed by atoms with Crippen LogP contribution in [0.1, 0.15) is 5.50 Å². The first-order chi connectivity index (χ1) is 8.91. The predicted octanol–water partition coefficient (Wildman–Crippen LogP) is -0.802. The number of hydrogen-bond acceptors (Lipinski definition) is 5. The summed E-state index contributed by atoms with van der Waals surface area (Å²) in [6.07, 6.45) is 0.887. The maximum Gasteiger partial charge on any atom is 0.329 e. The van der Waals surface area contributed by atoms with Gasteiger partial charge in [-0.3, -0.25) is 14.3 Å². The van der Waals surface area contributed by atoms with Gasteiger partial charge in [0.05, 0.1) is 6.61 Å². The molecule has 1 rings (SSSR count). The molecule has 0 aromatic carbocycles. The largest absolute Gasteiger partial charge is 0.393 e. The van der Waals surface area contributed by atoms with Gasteiger partial charge in [0.25, 0.3) is 5.56 Å². The summed E-state index contributed by atoms with van der Waals surface area (Å²) in [6, 6.07) is 1.09. The summed E-state index contributed by atoms with van der Waals surface area (Å²) in [4.78, 5) is 24.5. The van der Waals surface area contributed by atoms with Crippen LogP contribution >= 0.6 is 11.6 Å². The molecule has 8 heteroatoms. The number of aromatic amines is 1. The molecule has 0 spiro atoms. The Morgan fingerprint density at radius 2 is 2.32 bits per heavy atom. The first-order valence-corrected chi connectivity index (χ1v) is 5.78. The molecule has 0 saturated carbocycles. The van der Waals surface area contributed by atoms with E-state index in [1.807, 2.05) is 4.98 Å². The summed E-state index contributed by atoms with van der Waals surface area (Å²) in [5, 5.41) is 19.4. The minimum absolute atomic E-state index is 0.574. The minimum Gasteiger partial charge on any atom is -0.393 e. The number of nitrogens with one attached hydrogen (secondary N) is 1. The molecule has 1 aromatic rings. The van der Waals surface area contributed by atoms with E-state index in [4.69, 9.17) is 16.3 Å². The fraction of sp³-hybridized carbons (Fsp3) is 0.455. The first-order valence-electron chi connectivity index (χ1n) is 5.35. The number of alkyl halides is 1. The van der Waals surface area contributed by atoms with Crippen LogP contribution in [0.15, 0.2) is 34.5 Å². The van der Waals surface area contributed by atoms with Gasteiger partial charge in [-0.1, -0.05) is 17.7 Å². The van der Waals surface area contributed by atoms with Gasteiger partial charge in [-0.2, -0.15) is 0 Å². The van der Waals surface area contributed by atoms with Crippen LogP contribution in [-0.2, 0) is 4.74 Å². The molecule has 0 saturated heterocycles. The molecule has 0 aliphatic heterocycles. The Balaban J connectivity index is 3.18. The average Bonchev–Trinajstić information content (AvgIpc) is 2.40. The number of hydrogen-bond donors (Lipinski definition) is 3. The molecule has 0 bridgehead atoms. The van der Waals surface area contributed by atoms with E-state index in [1.165, 1.54) is 13.2 Å².